The summed E-state index contributed by atoms with van der Waals surface area (Å²) in [6, 6.07) is 28.7. The summed E-state index contributed by atoms with van der Waals surface area (Å²) in [6.45, 7) is 0. The van der Waals surface area contributed by atoms with Gasteiger partial charge < -0.3 is 0 Å². The maximum Gasteiger partial charge on any atom is 0.166 e. The van der Waals surface area contributed by atoms with Crippen molar-refractivity contribution in [3.05, 3.63) is 107 Å². The van der Waals surface area contributed by atoms with E-state index in [1.807, 2.05) is 48.5 Å². The number of nitrogens with zero attached hydrogens (tertiary/aromatic N) is 2. The average molecular weight is 441 g/mol. The first-order chi connectivity index (χ1) is 15.5. The molecule has 0 heterocycles. The molecule has 2 unspecified atom stereocenters. The molecule has 0 radical (unpaired) electrons. The number of carbonyl (C=O) groups is 2. The smallest absolute Gasteiger partial charge is 0.166 e. The molecule has 0 aliphatic rings. The summed E-state index contributed by atoms with van der Waals surface area (Å²) < 4.78 is 0. The van der Waals surface area contributed by atoms with Gasteiger partial charge in [0, 0.05) is 34.4 Å². The van der Waals surface area contributed by atoms with Crippen molar-refractivity contribution in [1.82, 2.24) is 0 Å². The molecule has 0 aliphatic heterocycles. The predicted octanol–water partition coefficient (Wildman–Crippen LogP) is 6.25. The summed E-state index contributed by atoms with van der Waals surface area (Å²) in [5.74, 6) is -2.47. The molecular weight excluding hydrogens is 420 g/mol. The molecule has 0 amide bonds. The minimum absolute atomic E-state index is 0.0498. The van der Waals surface area contributed by atoms with Crippen LogP contribution in [0.25, 0.3) is 0 Å². The van der Waals surface area contributed by atoms with Crippen LogP contribution in [0.3, 0.4) is 0 Å². The molecule has 3 rings (SSSR count). The highest BCUT2D eigenvalue weighted by Crippen LogP contribution is 2.36. The molecule has 3 aromatic rings. The van der Waals surface area contributed by atoms with Crippen molar-refractivity contribution in [2.45, 2.75) is 18.8 Å². The monoisotopic (exact) mass is 440 g/mol. The van der Waals surface area contributed by atoms with Gasteiger partial charge in [0.2, 0.25) is 0 Å². The summed E-state index contributed by atoms with van der Waals surface area (Å²) in [7, 11) is 0. The molecule has 0 fully saturated rings. The van der Waals surface area contributed by atoms with Gasteiger partial charge in [0.05, 0.1) is 12.1 Å². The third-order valence-corrected chi connectivity index (χ3v) is 5.73. The van der Waals surface area contributed by atoms with Crippen molar-refractivity contribution in [3.63, 3.8) is 0 Å². The number of hydrogen-bond donors (Lipinski definition) is 0. The lowest BCUT2D eigenvalue weighted by molar-refractivity contribution is 0.0864. The number of nitriles is 2. The first-order valence-corrected chi connectivity index (χ1v) is 10.6. The fraction of sp³-hybridized carbons (Fsp3) is 0.185. The van der Waals surface area contributed by atoms with Gasteiger partial charge >= 0.3 is 0 Å². The summed E-state index contributed by atoms with van der Waals surface area (Å²) >= 11 is 5.95. The second kappa shape index (κ2) is 11.0. The van der Waals surface area contributed by atoms with E-state index in [4.69, 9.17) is 11.6 Å². The molecule has 0 spiro atoms. The predicted molar refractivity (Wildman–Crippen MR) is 123 cm³/mol. The minimum Gasteiger partial charge on any atom is -0.294 e. The molecule has 3 aromatic carbocycles. The van der Waals surface area contributed by atoms with Crippen LogP contribution in [0.15, 0.2) is 84.9 Å². The molecule has 0 saturated heterocycles. The Labute approximate surface area is 192 Å². The molecule has 0 bridgehead atoms. The lowest BCUT2D eigenvalue weighted by atomic mass is 9.74. The number of carbonyl (C=O) groups excluding carboxylic acids is 2. The Hall–Kier alpha value is -3.73. The quantitative estimate of drug-likeness (QED) is 0.368. The van der Waals surface area contributed by atoms with Crippen molar-refractivity contribution in [1.29, 1.82) is 10.5 Å². The van der Waals surface area contributed by atoms with Crippen molar-refractivity contribution < 1.29 is 9.59 Å². The molecule has 0 N–H and O–H groups in total. The van der Waals surface area contributed by atoms with E-state index < -0.39 is 17.8 Å². The Morgan fingerprint density at radius 2 is 1.34 bits per heavy atom. The normalized spacial score (nSPS) is 12.4. The number of Topliss-reactive ketones (excluding diaryl/α,β-unsaturated/α-hetero) is 2. The van der Waals surface area contributed by atoms with Gasteiger partial charge in [-0.2, -0.15) is 10.5 Å². The zero-order valence-corrected chi connectivity index (χ0v) is 18.1. The SMILES string of the molecule is N#CC(C#N)CC(C(=O)c1ccccc1)C(CC(=O)c1ccc(Cl)cc1)c1ccccc1. The van der Waals surface area contributed by atoms with Crippen LogP contribution in [0, 0.1) is 34.5 Å². The van der Waals surface area contributed by atoms with Crippen LogP contribution < -0.4 is 0 Å². The second-order valence-corrected chi connectivity index (χ2v) is 7.97. The Kier molecular flexibility index (Phi) is 7.92. The Balaban J connectivity index is 2.03. The molecular formula is C27H21ClN2O2. The summed E-state index contributed by atoms with van der Waals surface area (Å²) in [4.78, 5) is 26.7. The van der Waals surface area contributed by atoms with Crippen LogP contribution >= 0.6 is 11.6 Å². The van der Waals surface area contributed by atoms with Gasteiger partial charge in [0.25, 0.3) is 0 Å². The van der Waals surface area contributed by atoms with Crippen molar-refractivity contribution in [2.75, 3.05) is 0 Å². The maximum atomic E-state index is 13.5. The number of hydrogen-bond acceptors (Lipinski definition) is 4. The van der Waals surface area contributed by atoms with Crippen LogP contribution in [0.1, 0.15) is 45.0 Å². The van der Waals surface area contributed by atoms with E-state index in [9.17, 15) is 20.1 Å². The Morgan fingerprint density at radius 3 is 1.91 bits per heavy atom. The van der Waals surface area contributed by atoms with Crippen LogP contribution in [0.5, 0.6) is 0 Å². The van der Waals surface area contributed by atoms with Crippen LogP contribution in [-0.2, 0) is 0 Å². The molecule has 32 heavy (non-hydrogen) atoms. The van der Waals surface area contributed by atoms with Gasteiger partial charge in [-0.1, -0.05) is 72.3 Å². The molecule has 0 aliphatic carbocycles. The lowest BCUT2D eigenvalue weighted by Crippen LogP contribution is -2.27. The zero-order valence-electron chi connectivity index (χ0n) is 17.3. The van der Waals surface area contributed by atoms with Gasteiger partial charge in [0.15, 0.2) is 11.6 Å². The summed E-state index contributed by atoms with van der Waals surface area (Å²) in [5, 5.41) is 19.3. The molecule has 5 heteroatoms. The largest absolute Gasteiger partial charge is 0.294 e. The average Bonchev–Trinajstić information content (AvgIpc) is 2.85. The van der Waals surface area contributed by atoms with E-state index in [0.29, 0.717) is 16.1 Å². The number of ketones is 2. The van der Waals surface area contributed by atoms with Gasteiger partial charge in [-0.3, -0.25) is 9.59 Å². The molecule has 2 atom stereocenters. The van der Waals surface area contributed by atoms with E-state index in [0.717, 1.165) is 5.56 Å². The van der Waals surface area contributed by atoms with Gasteiger partial charge in [0.1, 0.15) is 5.92 Å². The van der Waals surface area contributed by atoms with Gasteiger partial charge in [-0.25, -0.2) is 0 Å². The second-order valence-electron chi connectivity index (χ2n) is 7.53. The minimum atomic E-state index is -0.954. The highest BCUT2D eigenvalue weighted by atomic mass is 35.5. The Morgan fingerprint density at radius 1 is 0.781 bits per heavy atom. The standard InChI is InChI=1S/C27H21ClN2O2/c28-23-13-11-21(12-14-23)26(31)16-24(20-7-3-1-4-8-20)25(15-19(17-29)18-30)27(32)22-9-5-2-6-10-22/h1-14,19,24-25H,15-16H2. The fourth-order valence-electron chi connectivity index (χ4n) is 3.80. The van der Waals surface area contributed by atoms with E-state index in [-0.39, 0.29) is 24.4 Å². The third kappa shape index (κ3) is 5.70. The van der Waals surface area contributed by atoms with E-state index >= 15 is 0 Å². The highest BCUT2D eigenvalue weighted by Gasteiger charge is 2.34. The number of benzene rings is 3. The third-order valence-electron chi connectivity index (χ3n) is 5.48. The Bertz CT molecular complexity index is 1130. The molecule has 158 valence electrons. The van der Waals surface area contributed by atoms with Gasteiger partial charge in [-0.15, -0.1) is 0 Å². The van der Waals surface area contributed by atoms with Gasteiger partial charge in [-0.05, 0) is 36.2 Å². The fourth-order valence-corrected chi connectivity index (χ4v) is 3.93. The molecule has 0 saturated carbocycles. The van der Waals surface area contributed by atoms with E-state index in [1.165, 1.54) is 0 Å². The van der Waals surface area contributed by atoms with Crippen molar-refractivity contribution in [3.8, 4) is 12.1 Å². The first-order valence-electron chi connectivity index (χ1n) is 10.3. The lowest BCUT2D eigenvalue weighted by Gasteiger charge is -2.27. The first kappa shape index (κ1) is 22.9. The van der Waals surface area contributed by atoms with Crippen LogP contribution in [0.2, 0.25) is 5.02 Å². The van der Waals surface area contributed by atoms with E-state index in [1.54, 1.807) is 48.5 Å². The van der Waals surface area contributed by atoms with E-state index in [2.05, 4.69) is 0 Å². The summed E-state index contributed by atoms with van der Waals surface area (Å²) in [6.07, 6.45) is 0.118. The molecule has 4 nitrogen and oxygen atoms in total. The topological polar surface area (TPSA) is 81.7 Å². The number of rotatable bonds is 9. The maximum absolute atomic E-state index is 13.5. The van der Waals surface area contributed by atoms with Crippen LogP contribution in [0.4, 0.5) is 0 Å². The highest BCUT2D eigenvalue weighted by molar-refractivity contribution is 6.30. The van der Waals surface area contributed by atoms with Crippen LogP contribution in [-0.4, -0.2) is 11.6 Å². The zero-order chi connectivity index (χ0) is 22.9. The summed E-state index contributed by atoms with van der Waals surface area (Å²) in [5.41, 5.74) is 1.81. The number of halogens is 1. The molecule has 0 aromatic heterocycles. The van der Waals surface area contributed by atoms with Crippen molar-refractivity contribution in [2.24, 2.45) is 11.8 Å². The van der Waals surface area contributed by atoms with Crippen molar-refractivity contribution >= 4 is 23.2 Å².